The summed E-state index contributed by atoms with van der Waals surface area (Å²) in [6.45, 7) is 0.109. The Morgan fingerprint density at radius 2 is 1.89 bits per heavy atom. The topological polar surface area (TPSA) is 69.9 Å². The SMILES string of the molecule is O[C@@H]1CO[C@@H](O)[C@@H](O)C1. The molecule has 0 aromatic rings. The molecule has 3 atom stereocenters. The maximum absolute atomic E-state index is 8.81. The highest BCUT2D eigenvalue weighted by Crippen LogP contribution is 2.11. The largest absolute Gasteiger partial charge is 0.391 e. The predicted molar refractivity (Wildman–Crippen MR) is 28.6 cm³/mol. The molecule has 0 amide bonds. The number of hydrogen-bond acceptors (Lipinski definition) is 4. The average molecular weight is 134 g/mol. The summed E-state index contributed by atoms with van der Waals surface area (Å²) in [4.78, 5) is 0. The van der Waals surface area contributed by atoms with Gasteiger partial charge in [-0.3, -0.25) is 0 Å². The molecule has 9 heavy (non-hydrogen) atoms. The lowest BCUT2D eigenvalue weighted by Gasteiger charge is -2.26. The highest BCUT2D eigenvalue weighted by atomic mass is 16.6. The number of ether oxygens (including phenoxy) is 1. The first-order valence-electron chi connectivity index (χ1n) is 2.86. The predicted octanol–water partition coefficient (Wildman–Crippen LogP) is -1.55. The normalized spacial score (nSPS) is 45.0. The summed E-state index contributed by atoms with van der Waals surface area (Å²) in [6, 6.07) is 0. The minimum Gasteiger partial charge on any atom is -0.391 e. The third-order valence-electron chi connectivity index (χ3n) is 1.30. The van der Waals surface area contributed by atoms with Crippen LogP contribution >= 0.6 is 0 Å². The van der Waals surface area contributed by atoms with Crippen LogP contribution in [0, 0.1) is 0 Å². The Labute approximate surface area is 52.7 Å². The summed E-state index contributed by atoms with van der Waals surface area (Å²) in [5, 5.41) is 26.3. The first kappa shape index (κ1) is 6.95. The second kappa shape index (κ2) is 2.62. The van der Waals surface area contributed by atoms with Gasteiger partial charge in [0.05, 0.1) is 12.7 Å². The molecule has 0 unspecified atom stereocenters. The summed E-state index contributed by atoms with van der Waals surface area (Å²) in [7, 11) is 0. The third kappa shape index (κ3) is 1.62. The van der Waals surface area contributed by atoms with E-state index in [-0.39, 0.29) is 13.0 Å². The van der Waals surface area contributed by atoms with Crippen molar-refractivity contribution in [3.05, 3.63) is 0 Å². The van der Waals surface area contributed by atoms with Crippen molar-refractivity contribution in [1.82, 2.24) is 0 Å². The molecule has 0 spiro atoms. The average Bonchev–Trinajstić information content (AvgIpc) is 1.80. The standard InChI is InChI=1S/C5H10O4/c6-3-1-4(7)5(8)9-2-3/h3-8H,1-2H2/t3-,4-,5+/m0/s1. The van der Waals surface area contributed by atoms with Gasteiger partial charge in [0.2, 0.25) is 0 Å². The van der Waals surface area contributed by atoms with Gasteiger partial charge in [-0.05, 0) is 0 Å². The van der Waals surface area contributed by atoms with Crippen LogP contribution in [0.15, 0.2) is 0 Å². The minimum atomic E-state index is -1.12. The Kier molecular flexibility index (Phi) is 2.02. The monoisotopic (exact) mass is 134 g/mol. The molecule has 1 aliphatic rings. The lowest BCUT2D eigenvalue weighted by molar-refractivity contribution is -0.211. The molecule has 1 saturated heterocycles. The molecule has 0 saturated carbocycles. The van der Waals surface area contributed by atoms with Crippen molar-refractivity contribution >= 4 is 0 Å². The Morgan fingerprint density at radius 1 is 1.22 bits per heavy atom. The minimum absolute atomic E-state index is 0.109. The van der Waals surface area contributed by atoms with Crippen LogP contribution in [-0.4, -0.2) is 40.4 Å². The summed E-state index contributed by atoms with van der Waals surface area (Å²) in [6.07, 6.45) is -2.49. The van der Waals surface area contributed by atoms with Crippen molar-refractivity contribution in [3.63, 3.8) is 0 Å². The molecule has 1 fully saturated rings. The van der Waals surface area contributed by atoms with Crippen LogP contribution in [0.1, 0.15) is 6.42 Å². The summed E-state index contributed by atoms with van der Waals surface area (Å²) in [5.41, 5.74) is 0. The van der Waals surface area contributed by atoms with Gasteiger partial charge in [0.25, 0.3) is 0 Å². The van der Waals surface area contributed by atoms with Gasteiger partial charge in [-0.25, -0.2) is 0 Å². The van der Waals surface area contributed by atoms with Crippen LogP contribution in [-0.2, 0) is 4.74 Å². The Balaban J connectivity index is 2.35. The van der Waals surface area contributed by atoms with Gasteiger partial charge < -0.3 is 20.1 Å². The van der Waals surface area contributed by atoms with Gasteiger partial charge in [-0.2, -0.15) is 0 Å². The van der Waals surface area contributed by atoms with E-state index in [9.17, 15) is 0 Å². The van der Waals surface area contributed by atoms with Crippen molar-refractivity contribution in [2.75, 3.05) is 6.61 Å². The van der Waals surface area contributed by atoms with Gasteiger partial charge in [0.15, 0.2) is 6.29 Å². The summed E-state index contributed by atoms with van der Waals surface area (Å²) < 4.78 is 4.56. The molecular weight excluding hydrogens is 124 g/mol. The quantitative estimate of drug-likeness (QED) is 0.375. The highest BCUT2D eigenvalue weighted by molar-refractivity contribution is 4.70. The molecule has 0 aliphatic carbocycles. The van der Waals surface area contributed by atoms with E-state index in [2.05, 4.69) is 4.74 Å². The molecule has 0 bridgehead atoms. The van der Waals surface area contributed by atoms with E-state index in [0.717, 1.165) is 0 Å². The summed E-state index contributed by atoms with van der Waals surface area (Å²) >= 11 is 0. The number of aliphatic hydroxyl groups excluding tert-OH is 3. The molecule has 3 N–H and O–H groups in total. The van der Waals surface area contributed by atoms with Gasteiger partial charge in [0.1, 0.15) is 6.10 Å². The van der Waals surface area contributed by atoms with Crippen molar-refractivity contribution in [1.29, 1.82) is 0 Å². The van der Waals surface area contributed by atoms with E-state index in [0.29, 0.717) is 0 Å². The Morgan fingerprint density at radius 3 is 2.33 bits per heavy atom. The van der Waals surface area contributed by atoms with Crippen LogP contribution in [0.4, 0.5) is 0 Å². The van der Waals surface area contributed by atoms with Gasteiger partial charge in [-0.15, -0.1) is 0 Å². The molecule has 0 aromatic carbocycles. The lowest BCUT2D eigenvalue weighted by Crippen LogP contribution is -2.40. The highest BCUT2D eigenvalue weighted by Gasteiger charge is 2.26. The first-order chi connectivity index (χ1) is 4.20. The molecular formula is C5H10O4. The van der Waals surface area contributed by atoms with Crippen LogP contribution < -0.4 is 0 Å². The second-order valence-corrected chi connectivity index (χ2v) is 2.18. The number of aliphatic hydroxyl groups is 3. The van der Waals surface area contributed by atoms with Gasteiger partial charge in [-0.1, -0.05) is 0 Å². The van der Waals surface area contributed by atoms with E-state index >= 15 is 0 Å². The first-order valence-corrected chi connectivity index (χ1v) is 2.86. The fourth-order valence-electron chi connectivity index (χ4n) is 0.784. The zero-order valence-corrected chi connectivity index (χ0v) is 4.90. The van der Waals surface area contributed by atoms with Crippen molar-refractivity contribution in [2.24, 2.45) is 0 Å². The van der Waals surface area contributed by atoms with Gasteiger partial charge >= 0.3 is 0 Å². The van der Waals surface area contributed by atoms with Crippen LogP contribution in [0.25, 0.3) is 0 Å². The number of hydrogen-bond donors (Lipinski definition) is 3. The summed E-state index contributed by atoms with van der Waals surface area (Å²) in [5.74, 6) is 0. The van der Waals surface area contributed by atoms with Crippen LogP contribution in [0.5, 0.6) is 0 Å². The Bertz CT molecular complexity index is 95.0. The zero-order valence-electron chi connectivity index (χ0n) is 4.90. The van der Waals surface area contributed by atoms with E-state index in [4.69, 9.17) is 15.3 Å². The fraction of sp³-hybridized carbons (Fsp3) is 1.00. The molecule has 54 valence electrons. The number of rotatable bonds is 0. The molecule has 1 heterocycles. The third-order valence-corrected chi connectivity index (χ3v) is 1.30. The van der Waals surface area contributed by atoms with Crippen molar-refractivity contribution in [3.8, 4) is 0 Å². The molecule has 0 radical (unpaired) electrons. The van der Waals surface area contributed by atoms with Crippen LogP contribution in [0.3, 0.4) is 0 Å². The molecule has 4 nitrogen and oxygen atoms in total. The maximum Gasteiger partial charge on any atom is 0.181 e. The van der Waals surface area contributed by atoms with Crippen LogP contribution in [0.2, 0.25) is 0 Å². The van der Waals surface area contributed by atoms with E-state index in [1.807, 2.05) is 0 Å². The zero-order chi connectivity index (χ0) is 6.85. The molecule has 1 aliphatic heterocycles. The van der Waals surface area contributed by atoms with E-state index in [1.54, 1.807) is 0 Å². The Hall–Kier alpha value is -0.160. The van der Waals surface area contributed by atoms with Gasteiger partial charge in [0, 0.05) is 6.42 Å². The van der Waals surface area contributed by atoms with Crippen molar-refractivity contribution < 1.29 is 20.1 Å². The van der Waals surface area contributed by atoms with Crippen molar-refractivity contribution in [2.45, 2.75) is 24.9 Å². The molecule has 0 aromatic heterocycles. The molecule has 1 rings (SSSR count). The van der Waals surface area contributed by atoms with E-state index < -0.39 is 18.5 Å². The smallest absolute Gasteiger partial charge is 0.181 e. The maximum atomic E-state index is 8.81. The fourth-order valence-corrected chi connectivity index (χ4v) is 0.784. The second-order valence-electron chi connectivity index (χ2n) is 2.18. The lowest BCUT2D eigenvalue weighted by atomic mass is 10.1. The van der Waals surface area contributed by atoms with E-state index in [1.165, 1.54) is 0 Å². The molecule has 4 heteroatoms.